The number of phenolic OH excluding ortho intramolecular Hbond substituents is 1. The summed E-state index contributed by atoms with van der Waals surface area (Å²) in [7, 11) is 0. The van der Waals surface area contributed by atoms with E-state index in [-0.39, 0.29) is 11.7 Å². The number of anilines is 1. The number of rotatable bonds is 2. The molecule has 100 valence electrons. The van der Waals surface area contributed by atoms with Gasteiger partial charge in [-0.2, -0.15) is 0 Å². The fourth-order valence-electron chi connectivity index (χ4n) is 2.19. The van der Waals surface area contributed by atoms with Gasteiger partial charge in [-0.3, -0.25) is 4.79 Å². The summed E-state index contributed by atoms with van der Waals surface area (Å²) in [6.07, 6.45) is 1.70. The van der Waals surface area contributed by atoms with E-state index in [2.05, 4.69) is 10.3 Å². The van der Waals surface area contributed by atoms with Crippen molar-refractivity contribution in [3.8, 4) is 5.75 Å². The Morgan fingerprint density at radius 2 is 2.00 bits per heavy atom. The van der Waals surface area contributed by atoms with Gasteiger partial charge in [0.2, 0.25) is 0 Å². The molecule has 0 aliphatic carbocycles. The summed E-state index contributed by atoms with van der Waals surface area (Å²) in [5.74, 6) is 0.0441. The topological polar surface area (TPSA) is 65.1 Å². The summed E-state index contributed by atoms with van der Waals surface area (Å²) in [5, 5.41) is 13.2. The largest absolute Gasteiger partial charge is 0.508 e. The molecular formula is C16H14N2O2. The number of hydrogen-bond acceptors (Lipinski definition) is 2. The number of phenols is 1. The second kappa shape index (κ2) is 4.74. The van der Waals surface area contributed by atoms with Crippen LogP contribution in [0.15, 0.2) is 48.7 Å². The number of aromatic amines is 1. The minimum absolute atomic E-state index is 0.174. The molecule has 4 nitrogen and oxygen atoms in total. The molecule has 20 heavy (non-hydrogen) atoms. The van der Waals surface area contributed by atoms with Gasteiger partial charge in [-0.05, 0) is 36.8 Å². The molecule has 0 unspecified atom stereocenters. The highest BCUT2D eigenvalue weighted by molar-refractivity contribution is 6.12. The van der Waals surface area contributed by atoms with Crippen molar-refractivity contribution in [3.05, 3.63) is 59.8 Å². The number of fused-ring (bicyclic) bond motifs is 1. The Labute approximate surface area is 116 Å². The Bertz CT molecular complexity index is 790. The number of aromatic nitrogens is 1. The molecule has 3 N–H and O–H groups in total. The van der Waals surface area contributed by atoms with Gasteiger partial charge in [0.1, 0.15) is 5.75 Å². The molecule has 1 aromatic heterocycles. The second-order valence-corrected chi connectivity index (χ2v) is 4.70. The third-order valence-electron chi connectivity index (χ3n) is 3.29. The van der Waals surface area contributed by atoms with Crippen molar-refractivity contribution in [2.45, 2.75) is 6.92 Å². The van der Waals surface area contributed by atoms with Crippen molar-refractivity contribution < 1.29 is 9.90 Å². The normalized spacial score (nSPS) is 10.7. The molecule has 0 saturated heterocycles. The second-order valence-electron chi connectivity index (χ2n) is 4.70. The van der Waals surface area contributed by atoms with Gasteiger partial charge in [0, 0.05) is 22.8 Å². The Morgan fingerprint density at radius 1 is 1.20 bits per heavy atom. The fourth-order valence-corrected chi connectivity index (χ4v) is 2.19. The van der Waals surface area contributed by atoms with Crippen LogP contribution in [0.25, 0.3) is 10.9 Å². The number of amides is 1. The molecule has 1 amide bonds. The van der Waals surface area contributed by atoms with Gasteiger partial charge in [0.05, 0.1) is 5.56 Å². The fraction of sp³-hybridized carbons (Fsp3) is 0.0625. The van der Waals surface area contributed by atoms with Crippen LogP contribution in [0.2, 0.25) is 0 Å². The van der Waals surface area contributed by atoms with E-state index in [1.807, 2.05) is 24.3 Å². The lowest BCUT2D eigenvalue weighted by molar-refractivity contribution is 0.102. The van der Waals surface area contributed by atoms with Crippen molar-refractivity contribution in [2.75, 3.05) is 5.32 Å². The smallest absolute Gasteiger partial charge is 0.257 e. The zero-order valence-electron chi connectivity index (χ0n) is 11.0. The van der Waals surface area contributed by atoms with Crippen LogP contribution in [0.3, 0.4) is 0 Å². The summed E-state index contributed by atoms with van der Waals surface area (Å²) >= 11 is 0. The molecule has 0 radical (unpaired) electrons. The summed E-state index contributed by atoms with van der Waals surface area (Å²) in [6, 6.07) is 12.6. The van der Waals surface area contributed by atoms with Crippen molar-refractivity contribution in [1.82, 2.24) is 4.98 Å². The molecule has 3 aromatic rings. The molecule has 0 aliphatic rings. The molecule has 0 bridgehead atoms. The van der Waals surface area contributed by atoms with Crippen LogP contribution in [0.4, 0.5) is 5.69 Å². The number of benzene rings is 2. The highest BCUT2D eigenvalue weighted by Gasteiger charge is 2.12. The van der Waals surface area contributed by atoms with Crippen LogP contribution in [-0.2, 0) is 0 Å². The van der Waals surface area contributed by atoms with E-state index in [1.165, 1.54) is 0 Å². The van der Waals surface area contributed by atoms with Gasteiger partial charge in [0.15, 0.2) is 0 Å². The zero-order chi connectivity index (χ0) is 14.1. The lowest BCUT2D eigenvalue weighted by atomic mass is 10.1. The average molecular weight is 266 g/mol. The van der Waals surface area contributed by atoms with Gasteiger partial charge in [-0.1, -0.05) is 18.2 Å². The molecule has 0 atom stereocenters. The zero-order valence-corrected chi connectivity index (χ0v) is 11.0. The number of H-pyrrole nitrogens is 1. The first-order valence-electron chi connectivity index (χ1n) is 6.32. The molecule has 0 saturated carbocycles. The monoisotopic (exact) mass is 266 g/mol. The molecule has 4 heteroatoms. The van der Waals surface area contributed by atoms with Crippen molar-refractivity contribution in [1.29, 1.82) is 0 Å². The molecule has 3 rings (SSSR count). The van der Waals surface area contributed by atoms with Crippen LogP contribution in [0.1, 0.15) is 15.9 Å². The third kappa shape index (κ3) is 2.12. The molecule has 0 fully saturated rings. The Kier molecular flexibility index (Phi) is 2.91. The predicted octanol–water partition coefficient (Wildman–Crippen LogP) is 3.43. The maximum atomic E-state index is 12.3. The van der Waals surface area contributed by atoms with E-state index in [0.29, 0.717) is 11.3 Å². The number of para-hydroxylation sites is 1. The molecular weight excluding hydrogens is 252 g/mol. The Hall–Kier alpha value is -2.75. The first kappa shape index (κ1) is 12.3. The average Bonchev–Trinajstić information content (AvgIpc) is 2.87. The van der Waals surface area contributed by atoms with Gasteiger partial charge in [-0.15, -0.1) is 0 Å². The van der Waals surface area contributed by atoms with Gasteiger partial charge >= 0.3 is 0 Å². The predicted molar refractivity (Wildman–Crippen MR) is 79.1 cm³/mol. The van der Waals surface area contributed by atoms with Crippen molar-refractivity contribution in [2.24, 2.45) is 0 Å². The molecule has 1 heterocycles. The molecule has 2 aromatic carbocycles. The lowest BCUT2D eigenvalue weighted by Gasteiger charge is -2.06. The minimum Gasteiger partial charge on any atom is -0.508 e. The summed E-state index contributed by atoms with van der Waals surface area (Å²) in [5.41, 5.74) is 2.92. The number of aromatic hydroxyl groups is 1. The van der Waals surface area contributed by atoms with Crippen LogP contribution in [-0.4, -0.2) is 16.0 Å². The van der Waals surface area contributed by atoms with E-state index in [1.54, 1.807) is 31.3 Å². The van der Waals surface area contributed by atoms with E-state index in [0.717, 1.165) is 16.5 Å². The maximum absolute atomic E-state index is 12.3. The quantitative estimate of drug-likeness (QED) is 0.622. The highest BCUT2D eigenvalue weighted by atomic mass is 16.3. The van der Waals surface area contributed by atoms with Crippen LogP contribution in [0.5, 0.6) is 5.75 Å². The standard InChI is InChI=1S/C16H14N2O2/c1-10-8-11(6-7-15(10)19)18-16(20)13-9-17-14-5-3-2-4-12(13)14/h2-9,17,19H,1H3,(H,18,20). The first-order chi connectivity index (χ1) is 9.65. The van der Waals surface area contributed by atoms with Crippen molar-refractivity contribution >= 4 is 22.5 Å². The lowest BCUT2D eigenvalue weighted by Crippen LogP contribution is -2.11. The SMILES string of the molecule is Cc1cc(NC(=O)c2c[nH]c3ccccc23)ccc1O. The minimum atomic E-state index is -0.174. The van der Waals surface area contributed by atoms with Crippen LogP contribution < -0.4 is 5.32 Å². The Balaban J connectivity index is 1.91. The maximum Gasteiger partial charge on any atom is 0.257 e. The van der Waals surface area contributed by atoms with Gasteiger partial charge in [-0.25, -0.2) is 0 Å². The van der Waals surface area contributed by atoms with Crippen LogP contribution >= 0.6 is 0 Å². The van der Waals surface area contributed by atoms with Gasteiger partial charge in [0.25, 0.3) is 5.91 Å². The molecule has 0 spiro atoms. The summed E-state index contributed by atoms with van der Waals surface area (Å²) in [4.78, 5) is 15.4. The number of hydrogen-bond donors (Lipinski definition) is 3. The molecule has 0 aliphatic heterocycles. The van der Waals surface area contributed by atoms with E-state index in [4.69, 9.17) is 0 Å². The Morgan fingerprint density at radius 3 is 2.80 bits per heavy atom. The number of carbonyl (C=O) groups excluding carboxylic acids is 1. The third-order valence-corrected chi connectivity index (χ3v) is 3.29. The highest BCUT2D eigenvalue weighted by Crippen LogP contribution is 2.22. The first-order valence-corrected chi connectivity index (χ1v) is 6.32. The van der Waals surface area contributed by atoms with E-state index >= 15 is 0 Å². The van der Waals surface area contributed by atoms with Crippen LogP contribution in [0, 0.1) is 6.92 Å². The summed E-state index contributed by atoms with van der Waals surface area (Å²) < 4.78 is 0. The number of carbonyl (C=O) groups is 1. The van der Waals surface area contributed by atoms with Gasteiger partial charge < -0.3 is 15.4 Å². The number of aryl methyl sites for hydroxylation is 1. The summed E-state index contributed by atoms with van der Waals surface area (Å²) in [6.45, 7) is 1.79. The van der Waals surface area contributed by atoms with E-state index < -0.39 is 0 Å². The number of nitrogens with one attached hydrogen (secondary N) is 2. The van der Waals surface area contributed by atoms with Crippen molar-refractivity contribution in [3.63, 3.8) is 0 Å². The van der Waals surface area contributed by atoms with E-state index in [9.17, 15) is 9.90 Å².